The number of allylic oxidation sites excluding steroid dienone is 1. The van der Waals surface area contributed by atoms with Gasteiger partial charge < -0.3 is 19.9 Å². The van der Waals surface area contributed by atoms with Gasteiger partial charge in [-0.3, -0.25) is 9.59 Å². The van der Waals surface area contributed by atoms with Crippen LogP contribution in [0.25, 0.3) is 0 Å². The number of ether oxygens (including phenoxy) is 1. The summed E-state index contributed by atoms with van der Waals surface area (Å²) in [6.45, 7) is 10.9. The summed E-state index contributed by atoms with van der Waals surface area (Å²) in [6, 6.07) is 13.7. The van der Waals surface area contributed by atoms with Gasteiger partial charge in [0.15, 0.2) is 11.0 Å². The van der Waals surface area contributed by atoms with Gasteiger partial charge >= 0.3 is 0 Å². The molecule has 3 rings (SSSR count). The number of carbonyl (C=O) groups is 2. The van der Waals surface area contributed by atoms with Crippen LogP contribution < -0.4 is 15.4 Å². The molecule has 0 radical (unpaired) electrons. The molecule has 2 N–H and O–H groups in total. The van der Waals surface area contributed by atoms with E-state index in [2.05, 4.69) is 41.3 Å². The van der Waals surface area contributed by atoms with Crippen molar-refractivity contribution in [2.24, 2.45) is 5.92 Å². The van der Waals surface area contributed by atoms with Crippen LogP contribution >= 0.6 is 23.4 Å². The van der Waals surface area contributed by atoms with Crippen LogP contribution in [-0.4, -0.2) is 38.9 Å². The summed E-state index contributed by atoms with van der Waals surface area (Å²) in [5, 5.41) is 15.6. The number of anilines is 1. The van der Waals surface area contributed by atoms with Crippen LogP contribution in [0.4, 0.5) is 5.69 Å². The second kappa shape index (κ2) is 13.9. The van der Waals surface area contributed by atoms with Gasteiger partial charge in [-0.25, -0.2) is 0 Å². The zero-order valence-corrected chi connectivity index (χ0v) is 22.8. The van der Waals surface area contributed by atoms with Crippen molar-refractivity contribution in [2.45, 2.75) is 44.9 Å². The lowest BCUT2D eigenvalue weighted by atomic mass is 10.0. The number of thioether (sulfide) groups is 1. The first kappa shape index (κ1) is 28.3. The van der Waals surface area contributed by atoms with Gasteiger partial charge in [-0.15, -0.1) is 16.8 Å². The van der Waals surface area contributed by atoms with E-state index in [-0.39, 0.29) is 23.5 Å². The second-order valence-corrected chi connectivity index (χ2v) is 10.0. The predicted octanol–water partition coefficient (Wildman–Crippen LogP) is 5.76. The normalized spacial score (nSPS) is 11.7. The van der Waals surface area contributed by atoms with Crippen molar-refractivity contribution in [1.82, 2.24) is 20.1 Å². The van der Waals surface area contributed by atoms with E-state index in [0.29, 0.717) is 46.8 Å². The first-order valence-electron chi connectivity index (χ1n) is 12.1. The largest absolute Gasteiger partial charge is 0.494 e. The monoisotopic (exact) mass is 541 g/mol. The fraction of sp³-hybridized carbons (Fsp3) is 0.333. The highest BCUT2D eigenvalue weighted by Crippen LogP contribution is 2.26. The molecule has 196 valence electrons. The molecule has 1 atom stereocenters. The number of nitrogens with zero attached hydrogens (tertiary/aromatic N) is 3. The van der Waals surface area contributed by atoms with Gasteiger partial charge in [0.25, 0.3) is 5.91 Å². The molecule has 0 spiro atoms. The lowest BCUT2D eigenvalue weighted by molar-refractivity contribution is -0.113. The average Bonchev–Trinajstić information content (AvgIpc) is 3.26. The van der Waals surface area contributed by atoms with Gasteiger partial charge in [0.2, 0.25) is 5.91 Å². The van der Waals surface area contributed by atoms with Crippen LogP contribution in [-0.2, 0) is 11.3 Å². The summed E-state index contributed by atoms with van der Waals surface area (Å²) in [4.78, 5) is 25.6. The highest BCUT2D eigenvalue weighted by molar-refractivity contribution is 7.99. The second-order valence-electron chi connectivity index (χ2n) is 8.67. The van der Waals surface area contributed by atoms with Crippen molar-refractivity contribution >= 4 is 40.9 Å². The van der Waals surface area contributed by atoms with Crippen LogP contribution in [0.3, 0.4) is 0 Å². The van der Waals surface area contributed by atoms with Gasteiger partial charge in [0.05, 0.1) is 29.0 Å². The van der Waals surface area contributed by atoms with Crippen LogP contribution in [0.15, 0.2) is 66.3 Å². The first-order chi connectivity index (χ1) is 17.8. The summed E-state index contributed by atoms with van der Waals surface area (Å²) >= 11 is 7.51. The van der Waals surface area contributed by atoms with E-state index >= 15 is 0 Å². The smallest absolute Gasteiger partial charge is 0.253 e. The Kier molecular flexibility index (Phi) is 10.6. The number of nitrogens with one attached hydrogen (secondary N) is 2. The number of hydrogen-bond donors (Lipinski definition) is 2. The summed E-state index contributed by atoms with van der Waals surface area (Å²) in [7, 11) is 0. The van der Waals surface area contributed by atoms with E-state index in [1.54, 1.807) is 42.5 Å². The van der Waals surface area contributed by atoms with Crippen molar-refractivity contribution in [1.29, 1.82) is 0 Å². The van der Waals surface area contributed by atoms with Crippen molar-refractivity contribution < 1.29 is 14.3 Å². The van der Waals surface area contributed by atoms with Crippen molar-refractivity contribution in [3.63, 3.8) is 0 Å². The maximum atomic E-state index is 13.0. The molecule has 0 fully saturated rings. The Balaban J connectivity index is 1.73. The molecule has 8 nitrogen and oxygen atoms in total. The molecule has 0 aliphatic rings. The van der Waals surface area contributed by atoms with Crippen LogP contribution in [0, 0.1) is 5.92 Å². The van der Waals surface area contributed by atoms with Crippen LogP contribution in [0.5, 0.6) is 5.75 Å². The lowest BCUT2D eigenvalue weighted by Crippen LogP contribution is -2.32. The van der Waals surface area contributed by atoms with Gasteiger partial charge in [-0.2, -0.15) is 0 Å². The predicted molar refractivity (Wildman–Crippen MR) is 148 cm³/mol. The van der Waals surface area contributed by atoms with E-state index in [4.69, 9.17) is 16.3 Å². The molecule has 37 heavy (non-hydrogen) atoms. The van der Waals surface area contributed by atoms with Gasteiger partial charge in [0, 0.05) is 12.2 Å². The zero-order chi connectivity index (χ0) is 26.8. The summed E-state index contributed by atoms with van der Waals surface area (Å²) in [5.41, 5.74) is 1.08. The highest BCUT2D eigenvalue weighted by atomic mass is 35.5. The molecule has 3 aromatic rings. The fourth-order valence-corrected chi connectivity index (χ4v) is 4.65. The number of rotatable bonds is 13. The Bertz CT molecular complexity index is 1210. The number of halogens is 1. The average molecular weight is 542 g/mol. The minimum atomic E-state index is -0.400. The summed E-state index contributed by atoms with van der Waals surface area (Å²) in [6.07, 6.45) is 2.38. The Hall–Kier alpha value is -3.30. The van der Waals surface area contributed by atoms with E-state index < -0.39 is 6.04 Å². The third kappa shape index (κ3) is 8.10. The Morgan fingerprint density at radius 2 is 1.89 bits per heavy atom. The van der Waals surface area contributed by atoms with Gasteiger partial charge in [0.1, 0.15) is 5.75 Å². The quantitative estimate of drug-likeness (QED) is 0.211. The van der Waals surface area contributed by atoms with Crippen molar-refractivity contribution in [3.05, 3.63) is 77.6 Å². The molecule has 0 aliphatic heterocycles. The Morgan fingerprint density at radius 3 is 2.54 bits per heavy atom. The minimum Gasteiger partial charge on any atom is -0.494 e. The highest BCUT2D eigenvalue weighted by Gasteiger charge is 2.25. The molecule has 0 bridgehead atoms. The SMILES string of the molecule is C=CCn1c(SCC(=O)Nc2ccc(OCC)cc2)nnc1[C@@H](CC(C)C)NC(=O)c1ccccc1Cl. The number of amides is 2. The molecule has 2 amide bonds. The lowest BCUT2D eigenvalue weighted by Gasteiger charge is -2.21. The molecule has 0 aliphatic carbocycles. The molecule has 0 unspecified atom stereocenters. The number of carbonyl (C=O) groups excluding carboxylic acids is 2. The molecule has 10 heteroatoms. The number of aromatic nitrogens is 3. The topological polar surface area (TPSA) is 98.1 Å². The zero-order valence-electron chi connectivity index (χ0n) is 21.2. The number of hydrogen-bond acceptors (Lipinski definition) is 6. The van der Waals surface area contributed by atoms with Crippen LogP contribution in [0.2, 0.25) is 5.02 Å². The Morgan fingerprint density at radius 1 is 1.16 bits per heavy atom. The first-order valence-corrected chi connectivity index (χ1v) is 13.4. The van der Waals surface area contributed by atoms with Gasteiger partial charge in [-0.05, 0) is 55.7 Å². The maximum absolute atomic E-state index is 13.0. The third-order valence-corrected chi connectivity index (χ3v) is 6.58. The molecular formula is C27H32ClN5O3S. The molecule has 1 aromatic heterocycles. The van der Waals surface area contributed by atoms with E-state index in [0.717, 1.165) is 5.75 Å². The molecule has 0 saturated carbocycles. The van der Waals surface area contributed by atoms with Gasteiger partial charge in [-0.1, -0.05) is 55.4 Å². The van der Waals surface area contributed by atoms with Crippen LogP contribution in [0.1, 0.15) is 49.4 Å². The molecule has 0 saturated heterocycles. The van der Waals surface area contributed by atoms with Crippen molar-refractivity contribution in [3.8, 4) is 5.75 Å². The molecule has 1 heterocycles. The van der Waals surface area contributed by atoms with E-state index in [9.17, 15) is 9.59 Å². The Labute approximate surface area is 226 Å². The summed E-state index contributed by atoms with van der Waals surface area (Å²) < 4.78 is 7.31. The van der Waals surface area contributed by atoms with E-state index in [1.807, 2.05) is 23.6 Å². The minimum absolute atomic E-state index is 0.142. The number of benzene rings is 2. The fourth-order valence-electron chi connectivity index (χ4n) is 3.68. The molecular weight excluding hydrogens is 510 g/mol. The summed E-state index contributed by atoms with van der Waals surface area (Å²) in [5.74, 6) is 1.31. The maximum Gasteiger partial charge on any atom is 0.253 e. The van der Waals surface area contributed by atoms with E-state index in [1.165, 1.54) is 11.8 Å². The van der Waals surface area contributed by atoms with Crippen molar-refractivity contribution in [2.75, 3.05) is 17.7 Å². The third-order valence-electron chi connectivity index (χ3n) is 5.28. The standard InChI is InChI=1S/C27H32ClN5O3S/c1-5-15-33-25(23(16-18(3)4)30-26(35)21-9-7-8-10-22(21)28)31-32-27(33)37-17-24(34)29-19-11-13-20(14-12-19)36-6-2/h5,7-14,18,23H,1,6,15-17H2,2-4H3,(H,29,34)(H,30,35)/t23-/m1/s1. The molecule has 2 aromatic carbocycles.